The van der Waals surface area contributed by atoms with Crippen molar-refractivity contribution in [1.82, 2.24) is 24.9 Å². The first-order valence-electron chi connectivity index (χ1n) is 6.31. The lowest BCUT2D eigenvalue weighted by Gasteiger charge is -2.13. The molecule has 2 heterocycles. The Kier molecular flexibility index (Phi) is 3.99. The van der Waals surface area contributed by atoms with Crippen LogP contribution in [-0.2, 0) is 14.1 Å². The summed E-state index contributed by atoms with van der Waals surface area (Å²) >= 11 is 3.41. The molecule has 108 valence electrons. The van der Waals surface area contributed by atoms with Crippen LogP contribution in [0.15, 0.2) is 10.7 Å². The fourth-order valence-corrected chi connectivity index (χ4v) is 2.78. The molecule has 0 saturated carbocycles. The smallest absolute Gasteiger partial charge is 0.271 e. The summed E-state index contributed by atoms with van der Waals surface area (Å²) < 4.78 is 4.06. The summed E-state index contributed by atoms with van der Waals surface area (Å²) in [5.41, 5.74) is 3.25. The van der Waals surface area contributed by atoms with E-state index in [0.717, 1.165) is 21.4 Å². The molecular weight excluding hydrogens is 322 g/mol. The van der Waals surface area contributed by atoms with Crippen molar-refractivity contribution in [2.24, 2.45) is 14.1 Å². The zero-order chi connectivity index (χ0) is 15.0. The van der Waals surface area contributed by atoms with Crippen LogP contribution in [0.5, 0.6) is 0 Å². The number of aryl methyl sites for hydroxylation is 4. The summed E-state index contributed by atoms with van der Waals surface area (Å²) in [6, 6.07) is -0.113. The van der Waals surface area contributed by atoms with Gasteiger partial charge in [-0.05, 0) is 36.7 Å². The zero-order valence-electron chi connectivity index (χ0n) is 12.2. The molecule has 0 saturated heterocycles. The van der Waals surface area contributed by atoms with Crippen LogP contribution in [0.2, 0.25) is 0 Å². The Labute approximate surface area is 126 Å². The maximum absolute atomic E-state index is 12.4. The normalized spacial score (nSPS) is 12.5. The van der Waals surface area contributed by atoms with E-state index in [9.17, 15) is 4.79 Å². The Balaban J connectivity index is 2.21. The van der Waals surface area contributed by atoms with Crippen molar-refractivity contribution in [3.8, 4) is 0 Å². The second-order valence-electron chi connectivity index (χ2n) is 4.91. The molecule has 0 bridgehead atoms. The number of carbonyl (C=O) groups excluding carboxylic acids is 1. The standard InChI is InChI=1S/C13H18BrN5O/c1-7(10-6-18(4)16-8(10)2)15-13(20)12-11(14)9(3)17-19(12)5/h6-7H,1-5H3,(H,15,20)/t7-/m1/s1. The van der Waals surface area contributed by atoms with Gasteiger partial charge in [-0.25, -0.2) is 0 Å². The second kappa shape index (κ2) is 5.40. The number of nitrogens with zero attached hydrogens (tertiary/aromatic N) is 4. The lowest BCUT2D eigenvalue weighted by molar-refractivity contribution is 0.0929. The third kappa shape index (κ3) is 2.63. The molecular formula is C13H18BrN5O. The van der Waals surface area contributed by atoms with Crippen molar-refractivity contribution in [2.75, 3.05) is 0 Å². The quantitative estimate of drug-likeness (QED) is 0.930. The van der Waals surface area contributed by atoms with Crippen molar-refractivity contribution in [2.45, 2.75) is 26.8 Å². The SMILES string of the molecule is Cc1nn(C)cc1[C@@H](C)NC(=O)c1c(Br)c(C)nn1C. The molecule has 6 nitrogen and oxygen atoms in total. The number of amides is 1. The van der Waals surface area contributed by atoms with Gasteiger partial charge in [0.2, 0.25) is 0 Å². The second-order valence-corrected chi connectivity index (χ2v) is 5.70. The van der Waals surface area contributed by atoms with Gasteiger partial charge in [-0.15, -0.1) is 0 Å². The van der Waals surface area contributed by atoms with E-state index >= 15 is 0 Å². The number of halogens is 1. The van der Waals surface area contributed by atoms with E-state index in [1.165, 1.54) is 0 Å². The highest BCUT2D eigenvalue weighted by Gasteiger charge is 2.21. The van der Waals surface area contributed by atoms with Crippen LogP contribution in [-0.4, -0.2) is 25.5 Å². The molecule has 1 N–H and O–H groups in total. The number of aromatic nitrogens is 4. The topological polar surface area (TPSA) is 64.7 Å². The highest BCUT2D eigenvalue weighted by atomic mass is 79.9. The Hall–Kier alpha value is -1.63. The molecule has 0 aliphatic heterocycles. The van der Waals surface area contributed by atoms with Gasteiger partial charge in [-0.1, -0.05) is 0 Å². The molecule has 0 aliphatic rings. The average Bonchev–Trinajstić information content (AvgIpc) is 2.79. The maximum Gasteiger partial charge on any atom is 0.271 e. The molecule has 20 heavy (non-hydrogen) atoms. The average molecular weight is 340 g/mol. The largest absolute Gasteiger partial charge is 0.344 e. The molecule has 7 heteroatoms. The van der Waals surface area contributed by atoms with Gasteiger partial charge in [0.1, 0.15) is 5.69 Å². The summed E-state index contributed by atoms with van der Waals surface area (Å²) in [5, 5.41) is 11.5. The van der Waals surface area contributed by atoms with Gasteiger partial charge in [-0.2, -0.15) is 10.2 Å². The minimum atomic E-state index is -0.157. The number of hydrogen-bond acceptors (Lipinski definition) is 3. The number of hydrogen-bond donors (Lipinski definition) is 1. The summed E-state index contributed by atoms with van der Waals surface area (Å²) in [5.74, 6) is -0.157. The van der Waals surface area contributed by atoms with E-state index in [2.05, 4.69) is 31.4 Å². The van der Waals surface area contributed by atoms with Crippen LogP contribution in [0.25, 0.3) is 0 Å². The van der Waals surface area contributed by atoms with Gasteiger partial charge in [-0.3, -0.25) is 14.2 Å². The van der Waals surface area contributed by atoms with Crippen molar-refractivity contribution < 1.29 is 4.79 Å². The number of carbonyl (C=O) groups is 1. The highest BCUT2D eigenvalue weighted by Crippen LogP contribution is 2.22. The van der Waals surface area contributed by atoms with E-state index in [1.807, 2.05) is 34.0 Å². The predicted octanol–water partition coefficient (Wildman–Crippen LogP) is 2.02. The van der Waals surface area contributed by atoms with Gasteiger partial charge in [0.15, 0.2) is 0 Å². The van der Waals surface area contributed by atoms with E-state index in [-0.39, 0.29) is 11.9 Å². The Morgan fingerprint density at radius 1 is 1.30 bits per heavy atom. The Bertz CT molecular complexity index is 658. The van der Waals surface area contributed by atoms with Crippen LogP contribution in [0.1, 0.15) is 40.4 Å². The van der Waals surface area contributed by atoms with Gasteiger partial charge in [0.05, 0.1) is 21.9 Å². The van der Waals surface area contributed by atoms with Gasteiger partial charge < -0.3 is 5.32 Å². The summed E-state index contributed by atoms with van der Waals surface area (Å²) in [4.78, 5) is 12.4. The highest BCUT2D eigenvalue weighted by molar-refractivity contribution is 9.10. The third-order valence-corrected chi connectivity index (χ3v) is 4.18. The molecule has 0 fully saturated rings. The van der Waals surface area contributed by atoms with Crippen molar-refractivity contribution in [3.05, 3.63) is 33.3 Å². The van der Waals surface area contributed by atoms with Crippen molar-refractivity contribution in [1.29, 1.82) is 0 Å². The van der Waals surface area contributed by atoms with Gasteiger partial charge in [0.25, 0.3) is 5.91 Å². The molecule has 1 amide bonds. The van der Waals surface area contributed by atoms with Crippen molar-refractivity contribution in [3.63, 3.8) is 0 Å². The van der Waals surface area contributed by atoms with Crippen LogP contribution >= 0.6 is 15.9 Å². The Morgan fingerprint density at radius 2 is 1.95 bits per heavy atom. The first-order valence-corrected chi connectivity index (χ1v) is 7.10. The van der Waals surface area contributed by atoms with Crippen LogP contribution in [0, 0.1) is 13.8 Å². The summed E-state index contributed by atoms with van der Waals surface area (Å²) in [6.45, 7) is 5.73. The molecule has 2 aromatic rings. The lowest BCUT2D eigenvalue weighted by Crippen LogP contribution is -2.29. The Morgan fingerprint density at radius 3 is 2.40 bits per heavy atom. The summed E-state index contributed by atoms with van der Waals surface area (Å²) in [7, 11) is 3.62. The molecule has 1 atom stereocenters. The van der Waals surface area contributed by atoms with Gasteiger partial charge >= 0.3 is 0 Å². The molecule has 0 unspecified atom stereocenters. The first-order chi connectivity index (χ1) is 9.31. The monoisotopic (exact) mass is 339 g/mol. The fourth-order valence-electron chi connectivity index (χ4n) is 2.26. The zero-order valence-corrected chi connectivity index (χ0v) is 13.8. The lowest BCUT2D eigenvalue weighted by atomic mass is 10.1. The molecule has 0 aromatic carbocycles. The van der Waals surface area contributed by atoms with Gasteiger partial charge in [0, 0.05) is 25.9 Å². The molecule has 2 rings (SSSR count). The third-order valence-electron chi connectivity index (χ3n) is 3.23. The minimum Gasteiger partial charge on any atom is -0.344 e. The maximum atomic E-state index is 12.4. The molecule has 0 spiro atoms. The fraction of sp³-hybridized carbons (Fsp3) is 0.462. The predicted molar refractivity (Wildman–Crippen MR) is 79.5 cm³/mol. The van der Waals surface area contributed by atoms with E-state index < -0.39 is 0 Å². The van der Waals surface area contributed by atoms with Crippen LogP contribution in [0.3, 0.4) is 0 Å². The summed E-state index contributed by atoms with van der Waals surface area (Å²) in [6.07, 6.45) is 1.92. The van der Waals surface area contributed by atoms with E-state index in [0.29, 0.717) is 5.69 Å². The van der Waals surface area contributed by atoms with Crippen LogP contribution in [0.4, 0.5) is 0 Å². The first kappa shape index (κ1) is 14.8. The molecule has 0 radical (unpaired) electrons. The van der Waals surface area contributed by atoms with Crippen molar-refractivity contribution >= 4 is 21.8 Å². The van der Waals surface area contributed by atoms with E-state index in [1.54, 1.807) is 16.4 Å². The van der Waals surface area contributed by atoms with Crippen LogP contribution < -0.4 is 5.32 Å². The van der Waals surface area contributed by atoms with E-state index in [4.69, 9.17) is 0 Å². The molecule has 2 aromatic heterocycles. The molecule has 0 aliphatic carbocycles. The number of rotatable bonds is 3. The number of nitrogens with one attached hydrogen (secondary N) is 1. The minimum absolute atomic E-state index is 0.113.